The number of hydrogen-bond acceptors (Lipinski definition) is 4. The molecule has 0 radical (unpaired) electrons. The molecule has 0 saturated carbocycles. The van der Waals surface area contributed by atoms with E-state index in [1.807, 2.05) is 5.38 Å². The Morgan fingerprint density at radius 3 is 3.06 bits per heavy atom. The van der Waals surface area contributed by atoms with Gasteiger partial charge in [0, 0.05) is 12.4 Å². The SMILES string of the molecule is O=C(Cn1cc(Br)cnc1=O)c1cccs1. The molecule has 0 atom stereocenters. The Bertz CT molecular complexity index is 562. The summed E-state index contributed by atoms with van der Waals surface area (Å²) in [6.45, 7) is 0.0196. The maximum atomic E-state index is 11.7. The van der Waals surface area contributed by atoms with Crippen LogP contribution < -0.4 is 5.69 Å². The van der Waals surface area contributed by atoms with Gasteiger partial charge in [-0.15, -0.1) is 11.3 Å². The van der Waals surface area contributed by atoms with Crippen LogP contribution in [0, 0.1) is 0 Å². The highest BCUT2D eigenvalue weighted by Crippen LogP contribution is 2.10. The van der Waals surface area contributed by atoms with E-state index in [4.69, 9.17) is 0 Å². The summed E-state index contributed by atoms with van der Waals surface area (Å²) in [5.41, 5.74) is -0.423. The van der Waals surface area contributed by atoms with E-state index >= 15 is 0 Å². The van der Waals surface area contributed by atoms with Crippen LogP contribution in [0.4, 0.5) is 0 Å². The van der Waals surface area contributed by atoms with Crippen molar-refractivity contribution in [3.8, 4) is 0 Å². The molecule has 16 heavy (non-hydrogen) atoms. The largest absolute Gasteiger partial charge is 0.347 e. The summed E-state index contributed by atoms with van der Waals surface area (Å²) in [5.74, 6) is -0.0861. The number of Topliss-reactive ketones (excluding diaryl/α,β-unsaturated/α-hetero) is 1. The molecule has 0 aliphatic rings. The number of thiophene rings is 1. The molecule has 0 bridgehead atoms. The molecule has 0 amide bonds. The molecule has 82 valence electrons. The second-order valence-electron chi connectivity index (χ2n) is 3.08. The number of rotatable bonds is 3. The lowest BCUT2D eigenvalue weighted by atomic mass is 10.3. The van der Waals surface area contributed by atoms with Gasteiger partial charge < -0.3 is 0 Å². The van der Waals surface area contributed by atoms with Crippen LogP contribution >= 0.6 is 27.3 Å². The van der Waals surface area contributed by atoms with Crippen molar-refractivity contribution in [1.29, 1.82) is 0 Å². The maximum absolute atomic E-state index is 11.7. The quantitative estimate of drug-likeness (QED) is 0.814. The van der Waals surface area contributed by atoms with Crippen LogP contribution in [0.5, 0.6) is 0 Å². The lowest BCUT2D eigenvalue weighted by Gasteiger charge is -2.02. The molecule has 2 aromatic heterocycles. The van der Waals surface area contributed by atoms with Gasteiger partial charge in [-0.25, -0.2) is 9.78 Å². The fourth-order valence-corrected chi connectivity index (χ4v) is 2.22. The van der Waals surface area contributed by atoms with E-state index in [9.17, 15) is 9.59 Å². The number of carbonyl (C=O) groups is 1. The Morgan fingerprint density at radius 1 is 1.56 bits per heavy atom. The van der Waals surface area contributed by atoms with Gasteiger partial charge in [0.15, 0.2) is 5.78 Å². The molecule has 6 heteroatoms. The molecule has 0 aliphatic heterocycles. The number of aromatic nitrogens is 2. The maximum Gasteiger partial charge on any atom is 0.347 e. The van der Waals surface area contributed by atoms with Crippen molar-refractivity contribution in [2.24, 2.45) is 0 Å². The van der Waals surface area contributed by atoms with Gasteiger partial charge in [-0.05, 0) is 27.4 Å². The predicted molar refractivity (Wildman–Crippen MR) is 64.8 cm³/mol. The summed E-state index contributed by atoms with van der Waals surface area (Å²) in [6, 6.07) is 3.54. The van der Waals surface area contributed by atoms with Crippen molar-refractivity contribution in [2.45, 2.75) is 6.54 Å². The minimum Gasteiger partial charge on any atom is -0.291 e. The molecular weight excluding hydrogens is 292 g/mol. The van der Waals surface area contributed by atoms with E-state index in [0.717, 1.165) is 0 Å². The summed E-state index contributed by atoms with van der Waals surface area (Å²) in [4.78, 5) is 27.4. The predicted octanol–water partition coefficient (Wildman–Crippen LogP) is 1.95. The summed E-state index contributed by atoms with van der Waals surface area (Å²) in [7, 11) is 0. The van der Waals surface area contributed by atoms with Crippen LogP contribution in [-0.2, 0) is 6.54 Å². The minimum atomic E-state index is -0.423. The summed E-state index contributed by atoms with van der Waals surface area (Å²) in [5, 5.41) is 1.83. The Morgan fingerprint density at radius 2 is 2.38 bits per heavy atom. The second-order valence-corrected chi connectivity index (χ2v) is 4.95. The van der Waals surface area contributed by atoms with Crippen molar-refractivity contribution in [2.75, 3.05) is 0 Å². The highest BCUT2D eigenvalue weighted by Gasteiger charge is 2.09. The molecule has 2 rings (SSSR count). The first-order chi connectivity index (χ1) is 7.66. The molecule has 0 N–H and O–H groups in total. The van der Waals surface area contributed by atoms with Gasteiger partial charge in [0.1, 0.15) is 0 Å². The highest BCUT2D eigenvalue weighted by atomic mass is 79.9. The molecule has 0 saturated heterocycles. The number of carbonyl (C=O) groups excluding carboxylic acids is 1. The standard InChI is InChI=1S/C10H7BrN2O2S/c11-7-4-12-10(15)13(5-7)6-8(14)9-2-1-3-16-9/h1-5H,6H2. The minimum absolute atomic E-state index is 0.0196. The zero-order valence-corrected chi connectivity index (χ0v) is 10.5. The van der Waals surface area contributed by atoms with Gasteiger partial charge in [-0.1, -0.05) is 6.07 Å². The van der Waals surface area contributed by atoms with Crippen molar-refractivity contribution < 1.29 is 4.79 Å². The summed E-state index contributed by atoms with van der Waals surface area (Å²) in [6.07, 6.45) is 2.97. The van der Waals surface area contributed by atoms with Crippen LogP contribution in [0.1, 0.15) is 9.67 Å². The number of halogens is 1. The van der Waals surface area contributed by atoms with Gasteiger partial charge in [-0.2, -0.15) is 0 Å². The monoisotopic (exact) mass is 298 g/mol. The average Bonchev–Trinajstić information content (AvgIpc) is 2.76. The van der Waals surface area contributed by atoms with E-state index < -0.39 is 5.69 Å². The Labute approximate surface area is 104 Å². The van der Waals surface area contributed by atoms with Crippen molar-refractivity contribution in [3.63, 3.8) is 0 Å². The van der Waals surface area contributed by atoms with Gasteiger partial charge in [0.2, 0.25) is 0 Å². The molecular formula is C10H7BrN2O2S. The molecule has 0 fully saturated rings. The van der Waals surface area contributed by atoms with Gasteiger partial charge >= 0.3 is 5.69 Å². The first kappa shape index (κ1) is 11.2. The Balaban J connectivity index is 2.25. The van der Waals surface area contributed by atoms with Gasteiger partial charge in [0.05, 0.1) is 15.9 Å². The van der Waals surface area contributed by atoms with Gasteiger partial charge in [0.25, 0.3) is 0 Å². The smallest absolute Gasteiger partial charge is 0.291 e. The lowest BCUT2D eigenvalue weighted by Crippen LogP contribution is -2.25. The number of ketones is 1. The lowest BCUT2D eigenvalue weighted by molar-refractivity contribution is 0.0974. The Kier molecular flexibility index (Phi) is 3.31. The summed E-state index contributed by atoms with van der Waals surface area (Å²) >= 11 is 4.57. The van der Waals surface area contributed by atoms with Crippen molar-refractivity contribution >= 4 is 33.0 Å². The zero-order chi connectivity index (χ0) is 11.5. The van der Waals surface area contributed by atoms with Crippen LogP contribution in [0.2, 0.25) is 0 Å². The van der Waals surface area contributed by atoms with E-state index in [2.05, 4.69) is 20.9 Å². The van der Waals surface area contributed by atoms with Crippen molar-refractivity contribution in [3.05, 3.63) is 49.7 Å². The number of nitrogens with zero attached hydrogens (tertiary/aromatic N) is 2. The van der Waals surface area contributed by atoms with Crippen LogP contribution in [-0.4, -0.2) is 15.3 Å². The fourth-order valence-electron chi connectivity index (χ4n) is 1.21. The molecule has 2 heterocycles. The average molecular weight is 299 g/mol. The third-order valence-electron chi connectivity index (χ3n) is 1.93. The molecule has 4 nitrogen and oxygen atoms in total. The van der Waals surface area contributed by atoms with E-state index in [1.54, 1.807) is 18.3 Å². The molecule has 2 aromatic rings. The zero-order valence-electron chi connectivity index (χ0n) is 8.09. The van der Waals surface area contributed by atoms with Crippen molar-refractivity contribution in [1.82, 2.24) is 9.55 Å². The molecule has 0 spiro atoms. The van der Waals surface area contributed by atoms with E-state index in [0.29, 0.717) is 9.35 Å². The van der Waals surface area contributed by atoms with Crippen LogP contribution in [0.3, 0.4) is 0 Å². The third kappa shape index (κ3) is 2.45. The van der Waals surface area contributed by atoms with E-state index in [-0.39, 0.29) is 12.3 Å². The first-order valence-corrected chi connectivity index (χ1v) is 6.13. The summed E-state index contributed by atoms with van der Waals surface area (Å²) < 4.78 is 1.96. The third-order valence-corrected chi connectivity index (χ3v) is 3.25. The topological polar surface area (TPSA) is 52.0 Å². The van der Waals surface area contributed by atoms with E-state index in [1.165, 1.54) is 22.1 Å². The molecule has 0 aromatic carbocycles. The highest BCUT2D eigenvalue weighted by molar-refractivity contribution is 9.10. The number of hydrogen-bond donors (Lipinski definition) is 0. The second kappa shape index (κ2) is 4.71. The first-order valence-electron chi connectivity index (χ1n) is 4.45. The fraction of sp³-hybridized carbons (Fsp3) is 0.100. The normalized spacial score (nSPS) is 10.3. The molecule has 0 unspecified atom stereocenters. The van der Waals surface area contributed by atoms with Crippen LogP contribution in [0.15, 0.2) is 39.2 Å². The van der Waals surface area contributed by atoms with Gasteiger partial charge in [-0.3, -0.25) is 9.36 Å². The van der Waals surface area contributed by atoms with Crippen LogP contribution in [0.25, 0.3) is 0 Å². The molecule has 0 aliphatic carbocycles. The Hall–Kier alpha value is -1.27.